The summed E-state index contributed by atoms with van der Waals surface area (Å²) in [5, 5.41) is 0. The Morgan fingerprint density at radius 1 is 0.516 bits per heavy atom. The van der Waals surface area contributed by atoms with Crippen LogP contribution in [0.5, 0.6) is 23.0 Å². The number of likely N-dealkylation sites (tertiary alicyclic amines) is 2. The van der Waals surface area contributed by atoms with Crippen LogP contribution >= 0.6 is 21.6 Å². The average Bonchev–Trinajstić information content (AvgIpc) is 0.767. The largest absolute Gasteiger partial charge is 0.487 e. The van der Waals surface area contributed by atoms with E-state index < -0.39 is 11.9 Å². The standard InChI is InChI=1S/C81H134N2O10S2/c1-59(2)20-14-22-61(5)24-16-26-63(7)28-18-44-80(12)46-36-70-58-71(30-31-73(70)92-80)90-76(86)34-32-74(84)88-54-42-68-38-48-82(49-39-68)52-56-94-95-57-53-83-50-40-69(41-51-83)43-55-89-75(85)33-35-77(87)91-78-65(9)66(10)79-72(67(78)11)37-47-81(13,93-79)45-19-29-64(8)27-17-25-62(6)23-15-21-60(3)4/h30-31,58-64,68-69H,14-29,32-57H2,1-13H3. The van der Waals surface area contributed by atoms with Crippen LogP contribution in [0.15, 0.2) is 18.2 Å². The quantitative estimate of drug-likeness (QED) is 0.0270. The van der Waals surface area contributed by atoms with Gasteiger partial charge in [-0.2, -0.15) is 0 Å². The highest BCUT2D eigenvalue weighted by Gasteiger charge is 2.36. The third-order valence-electron chi connectivity index (χ3n) is 22.0. The fourth-order valence-corrected chi connectivity index (χ4v) is 17.1. The minimum atomic E-state index is -0.423. The van der Waals surface area contributed by atoms with E-state index in [-0.39, 0.29) is 48.8 Å². The second-order valence-electron chi connectivity index (χ2n) is 31.8. The Labute approximate surface area is 586 Å². The van der Waals surface area contributed by atoms with E-state index in [1.807, 2.05) is 53.6 Å². The predicted octanol–water partition coefficient (Wildman–Crippen LogP) is 20.4. The smallest absolute Gasteiger partial charge is 0.311 e. The van der Waals surface area contributed by atoms with Crippen LogP contribution in [0.1, 0.15) is 290 Å². The SMILES string of the molecule is Cc1c(C)c2c(c(C)c1OC(=O)CCC(=O)OCCC1CCN(CCSSCCN3CCC(CCOC(=O)CCC(=O)Oc4ccc5c(c4)CCC(C)(CCCC(C)CCCC(C)CCCC(C)C)O5)CC3)CC1)CCC(C)(CCCC(C)CCCC(C)CCCC(C)C)O2. The van der Waals surface area contributed by atoms with Gasteiger partial charge >= 0.3 is 23.9 Å². The van der Waals surface area contributed by atoms with Crippen LogP contribution in [-0.4, -0.2) is 109 Å². The van der Waals surface area contributed by atoms with Gasteiger partial charge in [0.05, 0.1) is 38.9 Å². The Balaban J connectivity index is 0.720. The lowest BCUT2D eigenvalue weighted by molar-refractivity contribution is -0.147. The molecule has 0 radical (unpaired) electrons. The van der Waals surface area contributed by atoms with Crippen LogP contribution in [0.4, 0.5) is 0 Å². The van der Waals surface area contributed by atoms with Crippen LogP contribution in [-0.2, 0) is 41.5 Å². The molecule has 4 aliphatic rings. The molecule has 540 valence electrons. The first kappa shape index (κ1) is 80.5. The average molecular weight is 1360 g/mol. The number of fused-ring (bicyclic) bond motifs is 2. The molecular weight excluding hydrogens is 1230 g/mol. The Morgan fingerprint density at radius 2 is 0.937 bits per heavy atom. The molecule has 6 atom stereocenters. The molecule has 14 heteroatoms. The van der Waals surface area contributed by atoms with Gasteiger partial charge in [0.1, 0.15) is 34.2 Å². The first-order valence-electron chi connectivity index (χ1n) is 38.5. The maximum absolute atomic E-state index is 13.2. The number of aryl methyl sites for hydroxylation is 1. The highest BCUT2D eigenvalue weighted by Crippen LogP contribution is 2.46. The molecular formula is C81H134N2O10S2. The number of carbonyl (C=O) groups excluding carboxylic acids is 4. The van der Waals surface area contributed by atoms with Crippen molar-refractivity contribution in [1.29, 1.82) is 0 Å². The number of carbonyl (C=O) groups is 4. The summed E-state index contributed by atoms with van der Waals surface area (Å²) >= 11 is 0. The molecule has 2 aromatic carbocycles. The van der Waals surface area contributed by atoms with Crippen LogP contribution < -0.4 is 18.9 Å². The van der Waals surface area contributed by atoms with E-state index in [2.05, 4.69) is 86.0 Å². The van der Waals surface area contributed by atoms with E-state index >= 15 is 0 Å². The van der Waals surface area contributed by atoms with Crippen molar-refractivity contribution in [3.63, 3.8) is 0 Å². The van der Waals surface area contributed by atoms with Gasteiger partial charge in [-0.05, 0) is 238 Å². The van der Waals surface area contributed by atoms with E-state index in [0.29, 0.717) is 36.5 Å². The minimum Gasteiger partial charge on any atom is -0.487 e. The van der Waals surface area contributed by atoms with Crippen molar-refractivity contribution >= 4 is 45.5 Å². The fraction of sp³-hybridized carbons (Fsp3) is 0.802. The van der Waals surface area contributed by atoms with Gasteiger partial charge in [-0.3, -0.25) is 19.2 Å². The molecule has 0 aliphatic carbocycles. The van der Waals surface area contributed by atoms with Crippen molar-refractivity contribution in [3.8, 4) is 23.0 Å². The zero-order valence-electron chi connectivity index (χ0n) is 62.3. The van der Waals surface area contributed by atoms with Gasteiger partial charge in [-0.25, -0.2) is 0 Å². The Kier molecular flexibility index (Phi) is 36.1. The number of piperidine rings is 2. The van der Waals surface area contributed by atoms with E-state index in [1.54, 1.807) is 0 Å². The van der Waals surface area contributed by atoms with Gasteiger partial charge in [0.2, 0.25) is 0 Å². The summed E-state index contributed by atoms with van der Waals surface area (Å²) in [6.45, 7) is 36.9. The van der Waals surface area contributed by atoms with Crippen LogP contribution in [0.25, 0.3) is 0 Å². The lowest BCUT2D eigenvalue weighted by atomic mass is 9.83. The maximum Gasteiger partial charge on any atom is 0.311 e. The zero-order valence-corrected chi connectivity index (χ0v) is 64.0. The molecule has 0 N–H and O–H groups in total. The molecule has 0 saturated carbocycles. The number of ether oxygens (including phenoxy) is 6. The highest BCUT2D eigenvalue weighted by atomic mass is 33.1. The van der Waals surface area contributed by atoms with E-state index in [4.69, 9.17) is 28.4 Å². The summed E-state index contributed by atoms with van der Waals surface area (Å²) in [4.78, 5) is 56.5. The molecule has 0 spiro atoms. The van der Waals surface area contributed by atoms with Gasteiger partial charge in [-0.15, -0.1) is 0 Å². The van der Waals surface area contributed by atoms with Crippen LogP contribution in [0.2, 0.25) is 0 Å². The molecule has 2 fully saturated rings. The number of benzene rings is 2. The topological polar surface area (TPSA) is 130 Å². The summed E-state index contributed by atoms with van der Waals surface area (Å²) in [6, 6.07) is 5.66. The van der Waals surface area contributed by atoms with Crippen molar-refractivity contribution in [2.75, 3.05) is 64.0 Å². The Bertz CT molecular complexity index is 2600. The number of esters is 4. The molecule has 0 amide bonds. The lowest BCUT2D eigenvalue weighted by Crippen LogP contribution is -2.37. The van der Waals surface area contributed by atoms with Gasteiger partial charge in [0, 0.05) is 30.2 Å². The molecule has 12 nitrogen and oxygen atoms in total. The first-order valence-corrected chi connectivity index (χ1v) is 41.0. The maximum atomic E-state index is 13.2. The monoisotopic (exact) mass is 1360 g/mol. The Hall–Kier alpha value is -3.46. The number of nitrogens with zero attached hydrogens (tertiary/aromatic N) is 2. The van der Waals surface area contributed by atoms with Gasteiger partial charge in [-0.1, -0.05) is 167 Å². The number of hydrogen-bond donors (Lipinski definition) is 0. The molecule has 4 aliphatic heterocycles. The molecule has 6 unspecified atom stereocenters. The van der Waals surface area contributed by atoms with Gasteiger partial charge in [0.15, 0.2) is 0 Å². The van der Waals surface area contributed by atoms with Crippen LogP contribution in [0.3, 0.4) is 0 Å². The molecule has 0 aromatic heterocycles. The van der Waals surface area contributed by atoms with Crippen LogP contribution in [0, 0.1) is 68.1 Å². The first-order chi connectivity index (χ1) is 45.4. The molecule has 0 bridgehead atoms. The summed E-state index contributed by atoms with van der Waals surface area (Å²) in [5.41, 5.74) is 4.75. The van der Waals surface area contributed by atoms with Crippen molar-refractivity contribution in [2.24, 2.45) is 47.3 Å². The molecule has 6 rings (SSSR count). The summed E-state index contributed by atoms with van der Waals surface area (Å²) < 4.78 is 36.3. The molecule has 95 heavy (non-hydrogen) atoms. The van der Waals surface area contributed by atoms with E-state index in [9.17, 15) is 19.2 Å². The number of rotatable bonds is 45. The Morgan fingerprint density at radius 3 is 1.41 bits per heavy atom. The third kappa shape index (κ3) is 30.5. The zero-order chi connectivity index (χ0) is 68.8. The highest BCUT2D eigenvalue weighted by molar-refractivity contribution is 8.76. The lowest BCUT2D eigenvalue weighted by Gasteiger charge is -2.38. The van der Waals surface area contributed by atoms with Crippen molar-refractivity contribution < 1.29 is 47.6 Å². The van der Waals surface area contributed by atoms with Crippen molar-refractivity contribution in [2.45, 2.75) is 307 Å². The van der Waals surface area contributed by atoms with E-state index in [0.717, 1.165) is 203 Å². The third-order valence-corrected chi connectivity index (χ3v) is 24.4. The van der Waals surface area contributed by atoms with Gasteiger partial charge in [0.25, 0.3) is 0 Å². The summed E-state index contributed by atoms with van der Waals surface area (Å²) in [7, 11) is 3.95. The number of hydrogen-bond acceptors (Lipinski definition) is 14. The van der Waals surface area contributed by atoms with Crippen molar-refractivity contribution in [3.05, 3.63) is 46.0 Å². The van der Waals surface area contributed by atoms with E-state index in [1.165, 1.54) is 103 Å². The van der Waals surface area contributed by atoms with Crippen molar-refractivity contribution in [1.82, 2.24) is 9.80 Å². The molecule has 2 aromatic rings. The fourth-order valence-electron chi connectivity index (χ4n) is 15.0. The second kappa shape index (κ2) is 42.6. The molecule has 4 heterocycles. The summed E-state index contributed by atoms with van der Waals surface area (Å²) in [5.74, 6) is 9.53. The molecule has 2 saturated heterocycles. The summed E-state index contributed by atoms with van der Waals surface area (Å²) in [6.07, 6.45) is 32.9. The second-order valence-corrected chi connectivity index (χ2v) is 34.5. The predicted molar refractivity (Wildman–Crippen MR) is 395 cm³/mol. The minimum absolute atomic E-state index is 0.00664. The van der Waals surface area contributed by atoms with Gasteiger partial charge < -0.3 is 38.2 Å². The normalized spacial score (nSPS) is 20.1.